The third-order valence-corrected chi connectivity index (χ3v) is 7.40. The van der Waals surface area contributed by atoms with Crippen LogP contribution in [0.25, 0.3) is 0 Å². The van der Waals surface area contributed by atoms with Crippen molar-refractivity contribution < 1.29 is 0 Å². The zero-order chi connectivity index (χ0) is 13.4. The molecule has 2 nitrogen and oxygen atoms in total. The van der Waals surface area contributed by atoms with Gasteiger partial charge in [-0.2, -0.15) is 0 Å². The van der Waals surface area contributed by atoms with Crippen LogP contribution in [0.5, 0.6) is 0 Å². The van der Waals surface area contributed by atoms with Gasteiger partial charge in [-0.1, -0.05) is 47.0 Å². The van der Waals surface area contributed by atoms with Crippen LogP contribution in [-0.4, -0.2) is 20.5 Å². The standard InChI is InChI=1S/C14H34N2Si/c1-7-11-13-17(6,15-10-4)16-14(5,9-3)12-8-2/h15-16H,7-13H2,1-6H3. The van der Waals surface area contributed by atoms with Gasteiger partial charge in [-0.05, 0) is 38.9 Å². The molecule has 0 aliphatic heterocycles. The van der Waals surface area contributed by atoms with E-state index in [0.29, 0.717) is 5.54 Å². The van der Waals surface area contributed by atoms with E-state index < -0.39 is 8.40 Å². The highest BCUT2D eigenvalue weighted by molar-refractivity contribution is 6.73. The molecule has 0 aliphatic rings. The van der Waals surface area contributed by atoms with Gasteiger partial charge >= 0.3 is 0 Å². The Kier molecular flexibility index (Phi) is 8.34. The van der Waals surface area contributed by atoms with Crippen molar-refractivity contribution in [1.82, 2.24) is 9.96 Å². The molecule has 0 aromatic heterocycles. The van der Waals surface area contributed by atoms with E-state index in [0.717, 1.165) is 6.54 Å². The highest BCUT2D eigenvalue weighted by Gasteiger charge is 2.33. The summed E-state index contributed by atoms with van der Waals surface area (Å²) in [5.41, 5.74) is 0.325. The number of rotatable bonds is 10. The van der Waals surface area contributed by atoms with E-state index in [1.807, 2.05) is 0 Å². The van der Waals surface area contributed by atoms with Crippen molar-refractivity contribution in [2.45, 2.75) is 84.9 Å². The van der Waals surface area contributed by atoms with Gasteiger partial charge in [0.05, 0.1) is 0 Å². The minimum atomic E-state index is -1.46. The smallest absolute Gasteiger partial charge is 0.198 e. The largest absolute Gasteiger partial charge is 0.326 e. The SMILES string of the molecule is CCCC[Si](C)(NCC)NC(C)(CC)CCC. The van der Waals surface area contributed by atoms with Gasteiger partial charge in [0.2, 0.25) is 0 Å². The van der Waals surface area contributed by atoms with Crippen LogP contribution in [0.1, 0.15) is 66.7 Å². The summed E-state index contributed by atoms with van der Waals surface area (Å²) in [5.74, 6) is 0. The Labute approximate surface area is 110 Å². The van der Waals surface area contributed by atoms with Crippen LogP contribution in [0, 0.1) is 0 Å². The summed E-state index contributed by atoms with van der Waals surface area (Å²) < 4.78 is 0. The van der Waals surface area contributed by atoms with Crippen LogP contribution < -0.4 is 9.96 Å². The van der Waals surface area contributed by atoms with Crippen LogP contribution in [0.15, 0.2) is 0 Å². The predicted octanol–water partition coefficient (Wildman–Crippen LogP) is 4.03. The molecule has 3 heteroatoms. The Hall–Kier alpha value is 0.137. The molecule has 0 rings (SSSR count). The topological polar surface area (TPSA) is 24.1 Å². The molecule has 0 aromatic rings. The molecule has 2 N–H and O–H groups in total. The molecule has 0 amide bonds. The summed E-state index contributed by atoms with van der Waals surface area (Å²) in [6.45, 7) is 15.0. The minimum absolute atomic E-state index is 0.325. The normalized spacial score (nSPS) is 18.7. The highest BCUT2D eigenvalue weighted by atomic mass is 28.3. The van der Waals surface area contributed by atoms with Gasteiger partial charge in [0, 0.05) is 5.54 Å². The average Bonchev–Trinajstić information content (AvgIpc) is 2.27. The fourth-order valence-electron chi connectivity index (χ4n) is 2.66. The Morgan fingerprint density at radius 1 is 1.06 bits per heavy atom. The van der Waals surface area contributed by atoms with Crippen molar-refractivity contribution >= 4 is 8.40 Å². The van der Waals surface area contributed by atoms with E-state index in [-0.39, 0.29) is 0 Å². The summed E-state index contributed by atoms with van der Waals surface area (Å²) in [6.07, 6.45) is 6.41. The lowest BCUT2D eigenvalue weighted by Crippen LogP contribution is -2.66. The minimum Gasteiger partial charge on any atom is -0.326 e. The fraction of sp³-hybridized carbons (Fsp3) is 1.00. The molecule has 0 saturated carbocycles. The van der Waals surface area contributed by atoms with Crippen LogP contribution in [-0.2, 0) is 0 Å². The van der Waals surface area contributed by atoms with Crippen LogP contribution in [0.3, 0.4) is 0 Å². The van der Waals surface area contributed by atoms with Gasteiger partial charge in [0.1, 0.15) is 0 Å². The maximum Gasteiger partial charge on any atom is 0.198 e. The summed E-state index contributed by atoms with van der Waals surface area (Å²) in [5, 5.41) is 0. The lowest BCUT2D eigenvalue weighted by atomic mass is 9.95. The summed E-state index contributed by atoms with van der Waals surface area (Å²) in [4.78, 5) is 7.79. The van der Waals surface area contributed by atoms with Crippen molar-refractivity contribution in [3.05, 3.63) is 0 Å². The van der Waals surface area contributed by atoms with E-state index in [1.54, 1.807) is 0 Å². The van der Waals surface area contributed by atoms with Crippen molar-refractivity contribution in [2.24, 2.45) is 0 Å². The molecule has 0 heterocycles. The second-order valence-electron chi connectivity index (χ2n) is 5.76. The second-order valence-corrected chi connectivity index (χ2v) is 9.52. The first-order valence-corrected chi connectivity index (χ1v) is 10.2. The quantitative estimate of drug-likeness (QED) is 0.578. The van der Waals surface area contributed by atoms with Gasteiger partial charge < -0.3 is 9.96 Å². The monoisotopic (exact) mass is 258 g/mol. The van der Waals surface area contributed by atoms with E-state index >= 15 is 0 Å². The molecule has 17 heavy (non-hydrogen) atoms. The fourth-order valence-corrected chi connectivity index (χ4v) is 6.53. The summed E-state index contributed by atoms with van der Waals surface area (Å²) in [7, 11) is -1.46. The van der Waals surface area contributed by atoms with Gasteiger partial charge in [-0.25, -0.2) is 0 Å². The number of hydrogen-bond donors (Lipinski definition) is 2. The molecule has 104 valence electrons. The molecular formula is C14H34N2Si. The third-order valence-electron chi connectivity index (χ3n) is 3.76. The van der Waals surface area contributed by atoms with Crippen molar-refractivity contribution in [1.29, 1.82) is 0 Å². The molecule has 0 spiro atoms. The molecule has 0 aliphatic carbocycles. The van der Waals surface area contributed by atoms with Gasteiger partial charge in [0.25, 0.3) is 0 Å². The Morgan fingerprint density at radius 2 is 1.71 bits per heavy atom. The molecule has 0 fully saturated rings. The lowest BCUT2D eigenvalue weighted by Gasteiger charge is -2.40. The Morgan fingerprint density at radius 3 is 2.12 bits per heavy atom. The molecule has 0 aromatic carbocycles. The molecule has 0 bridgehead atoms. The average molecular weight is 259 g/mol. The van der Waals surface area contributed by atoms with Gasteiger partial charge in [-0.15, -0.1) is 0 Å². The first-order chi connectivity index (χ1) is 7.95. The Bertz CT molecular complexity index is 199. The Balaban J connectivity index is 4.58. The molecule has 0 saturated heterocycles. The predicted molar refractivity (Wildman–Crippen MR) is 81.7 cm³/mol. The zero-order valence-corrected chi connectivity index (χ0v) is 13.9. The van der Waals surface area contributed by atoms with E-state index in [1.165, 1.54) is 38.1 Å². The van der Waals surface area contributed by atoms with Crippen molar-refractivity contribution in [3.8, 4) is 0 Å². The first kappa shape index (κ1) is 17.1. The number of unbranched alkanes of at least 4 members (excludes halogenated alkanes) is 1. The van der Waals surface area contributed by atoms with Gasteiger partial charge in [0.15, 0.2) is 8.40 Å². The molecular weight excluding hydrogens is 224 g/mol. The highest BCUT2D eigenvalue weighted by Crippen LogP contribution is 2.21. The van der Waals surface area contributed by atoms with E-state index in [4.69, 9.17) is 0 Å². The zero-order valence-electron chi connectivity index (χ0n) is 12.9. The van der Waals surface area contributed by atoms with Crippen molar-refractivity contribution in [3.63, 3.8) is 0 Å². The van der Waals surface area contributed by atoms with Crippen LogP contribution in [0.2, 0.25) is 12.6 Å². The first-order valence-electron chi connectivity index (χ1n) is 7.49. The molecule has 2 unspecified atom stereocenters. The number of hydrogen-bond acceptors (Lipinski definition) is 2. The van der Waals surface area contributed by atoms with E-state index in [2.05, 4.69) is 51.1 Å². The molecule has 2 atom stereocenters. The van der Waals surface area contributed by atoms with E-state index in [9.17, 15) is 0 Å². The summed E-state index contributed by atoms with van der Waals surface area (Å²) >= 11 is 0. The van der Waals surface area contributed by atoms with Crippen LogP contribution in [0.4, 0.5) is 0 Å². The lowest BCUT2D eigenvalue weighted by molar-refractivity contribution is 0.365. The maximum absolute atomic E-state index is 4.02. The maximum atomic E-state index is 4.02. The van der Waals surface area contributed by atoms with Gasteiger partial charge in [-0.3, -0.25) is 0 Å². The number of nitrogens with one attached hydrogen (secondary N) is 2. The third kappa shape index (κ3) is 6.58. The molecule has 0 radical (unpaired) electrons. The summed E-state index contributed by atoms with van der Waals surface area (Å²) in [6, 6.07) is 1.34. The van der Waals surface area contributed by atoms with Crippen LogP contribution >= 0.6 is 0 Å². The second kappa shape index (κ2) is 8.28. The van der Waals surface area contributed by atoms with Crippen molar-refractivity contribution in [2.75, 3.05) is 6.54 Å².